The number of carbonyl (C=O) groups excluding carboxylic acids is 6. The van der Waals surface area contributed by atoms with E-state index in [1.54, 1.807) is 27.7 Å². The molecule has 0 spiro atoms. The van der Waals surface area contributed by atoms with E-state index in [0.717, 1.165) is 33.3 Å². The van der Waals surface area contributed by atoms with Gasteiger partial charge >= 0.3 is 47.6 Å². The van der Waals surface area contributed by atoms with E-state index in [4.69, 9.17) is 77.7 Å². The van der Waals surface area contributed by atoms with Gasteiger partial charge in [0, 0.05) is 59.5 Å². The molecule has 11 N–H and O–H groups in total. The summed E-state index contributed by atoms with van der Waals surface area (Å²) in [5.74, 6) is -4.10. The van der Waals surface area contributed by atoms with E-state index < -0.39 is 193 Å². The summed E-state index contributed by atoms with van der Waals surface area (Å²) in [6, 6.07) is 1.73. The molecule has 4 aliphatic heterocycles. The number of carbonyl (C=O) groups is 8. The van der Waals surface area contributed by atoms with Gasteiger partial charge in [0.25, 0.3) is 0 Å². The van der Waals surface area contributed by atoms with Crippen molar-refractivity contribution >= 4 is 207 Å². The molecule has 4 aliphatic rings. The Kier molecular flexibility index (Phi) is 35.3. The number of hydrogen-bond acceptors (Lipinski definition) is 35. The zero-order valence-corrected chi connectivity index (χ0v) is 71.6. The molecule has 8 heterocycles. The highest BCUT2D eigenvalue weighted by Crippen LogP contribution is 2.49. The van der Waals surface area contributed by atoms with Gasteiger partial charge in [-0.05, 0) is 105 Å². The number of amides is 3. The van der Waals surface area contributed by atoms with Gasteiger partial charge in [0.1, 0.15) is 33.7 Å². The smallest absolute Gasteiger partial charge is 0.413 e. The van der Waals surface area contributed by atoms with Gasteiger partial charge in [0.05, 0.1) is 64.8 Å². The van der Waals surface area contributed by atoms with Crippen molar-refractivity contribution < 1.29 is 144 Å². The number of halogens is 3. The molecule has 0 aromatic carbocycles. The summed E-state index contributed by atoms with van der Waals surface area (Å²) in [6.45, 7) is 11.9. The third-order valence-electron chi connectivity index (χ3n) is 16.3. The molecule has 0 saturated heterocycles. The van der Waals surface area contributed by atoms with Crippen LogP contribution in [0.3, 0.4) is 0 Å². The molecule has 0 radical (unpaired) electrons. The van der Waals surface area contributed by atoms with Crippen LogP contribution in [0.25, 0.3) is 0 Å². The molecule has 4 aromatic heterocycles. The quantitative estimate of drug-likeness (QED) is 0.0150. The molecule has 0 saturated carbocycles. The molecule has 111 heavy (non-hydrogen) atoms. The Bertz CT molecular complexity index is 4900. The van der Waals surface area contributed by atoms with Crippen molar-refractivity contribution in [1.29, 1.82) is 0 Å². The number of sulfone groups is 4. The molecule has 0 fully saturated rings. The molecule has 4 aromatic rings. The highest BCUT2D eigenvalue weighted by Gasteiger charge is 2.47. The average Bonchev–Trinajstić information content (AvgIpc) is 1.65. The van der Waals surface area contributed by atoms with Crippen molar-refractivity contribution in [2.75, 3.05) is 51.9 Å². The highest BCUT2D eigenvalue weighted by atomic mass is 35.5. The third kappa shape index (κ3) is 25.4. The number of primary sulfonamides is 4. The van der Waals surface area contributed by atoms with Crippen LogP contribution in [-0.2, 0) is 127 Å². The van der Waals surface area contributed by atoms with Gasteiger partial charge in [-0.1, -0.05) is 30.1 Å². The minimum atomic E-state index is -4.24. The fourth-order valence-electron chi connectivity index (χ4n) is 10.8. The zero-order valence-electron chi connectivity index (χ0n) is 59.6. The lowest BCUT2D eigenvalue weighted by Crippen LogP contribution is -2.40. The lowest BCUT2D eigenvalue weighted by Gasteiger charge is -2.35. The Morgan fingerprint density at radius 3 is 0.937 bits per heavy atom. The second-order valence-electron chi connectivity index (χ2n) is 23.7. The molecule has 0 unspecified atom stereocenters. The highest BCUT2D eigenvalue weighted by molar-refractivity contribution is 7.97. The maximum absolute atomic E-state index is 12.9. The Labute approximate surface area is 670 Å². The number of sulfonamides is 4. The topological polar surface area (TPSA) is 631 Å². The molecule has 55 heteroatoms. The van der Waals surface area contributed by atoms with Gasteiger partial charge in [0.2, 0.25) is 53.7 Å². The Morgan fingerprint density at radius 2 is 0.703 bits per heavy atom. The maximum atomic E-state index is 12.9. The van der Waals surface area contributed by atoms with Crippen LogP contribution < -0.4 is 25.9 Å². The second kappa shape index (κ2) is 40.2. The van der Waals surface area contributed by atoms with Gasteiger partial charge < -0.3 is 58.7 Å². The van der Waals surface area contributed by atoms with E-state index in [9.17, 15) is 106 Å². The summed E-state index contributed by atoms with van der Waals surface area (Å²) in [7, 11) is -31.3. The monoisotopic (exact) mass is 1860 g/mol. The van der Waals surface area contributed by atoms with Crippen molar-refractivity contribution in [1.82, 2.24) is 20.0 Å². The molecular weight excluding hydrogens is 1790 g/mol. The summed E-state index contributed by atoms with van der Waals surface area (Å²) in [5.41, 5.74) is 0.0345. The van der Waals surface area contributed by atoms with E-state index in [1.165, 1.54) is 37.8 Å². The van der Waals surface area contributed by atoms with Crippen molar-refractivity contribution in [3.63, 3.8) is 0 Å². The summed E-state index contributed by atoms with van der Waals surface area (Å²) < 4.78 is 222. The van der Waals surface area contributed by atoms with Gasteiger partial charge in [-0.15, -0.1) is 45.3 Å². The number of rotatable bonds is 24. The predicted octanol–water partition coefficient (Wildman–Crippen LogP) is 5.48. The van der Waals surface area contributed by atoms with Crippen LogP contribution in [0.15, 0.2) is 57.9 Å². The largest absolute Gasteiger partial charge is 0.481 e. The number of ether oxygens (including phenoxy) is 6. The number of aliphatic carboxylic acids is 2. The van der Waals surface area contributed by atoms with Crippen molar-refractivity contribution in [2.45, 2.75) is 186 Å². The summed E-state index contributed by atoms with van der Waals surface area (Å²) in [5, 5.41) is 36.3. The second-order valence-corrected chi connectivity index (χ2v) is 46.0. The van der Waals surface area contributed by atoms with Crippen LogP contribution in [0.4, 0.5) is 19.2 Å². The number of fused-ring (bicyclic) bond motifs is 4. The first-order valence-electron chi connectivity index (χ1n) is 31.9. The van der Waals surface area contributed by atoms with Crippen molar-refractivity contribution in [2.24, 2.45) is 20.6 Å². The minimum Gasteiger partial charge on any atom is -0.481 e. The number of carboxylic acids is 2. The van der Waals surface area contributed by atoms with Crippen LogP contribution in [0.1, 0.15) is 153 Å². The lowest BCUT2D eigenvalue weighted by molar-refractivity contribution is -0.159. The molecule has 8 atom stereocenters. The fraction of sp³-hybridized carbons (Fsp3) is 0.571. The van der Waals surface area contributed by atoms with Gasteiger partial charge in [-0.25, -0.2) is 107 Å². The summed E-state index contributed by atoms with van der Waals surface area (Å²) in [4.78, 5) is 94.8. The molecule has 40 nitrogen and oxygen atoms in total. The van der Waals surface area contributed by atoms with E-state index in [-0.39, 0.29) is 120 Å². The zero-order chi connectivity index (χ0) is 84.8. The van der Waals surface area contributed by atoms with Crippen LogP contribution >= 0.6 is 80.1 Å². The number of nitrogens with one attached hydrogen (secondary N) is 1. The van der Waals surface area contributed by atoms with E-state index in [1.807, 2.05) is 6.92 Å². The van der Waals surface area contributed by atoms with Crippen LogP contribution in [0.5, 0.6) is 0 Å². The van der Waals surface area contributed by atoms with Crippen LogP contribution in [-0.4, -0.2) is 213 Å². The summed E-state index contributed by atoms with van der Waals surface area (Å²) >= 11 is 17.2. The molecule has 628 valence electrons. The minimum absolute atomic E-state index is 0.00683. The number of esters is 2. The first-order chi connectivity index (χ1) is 51.0. The molecule has 0 aliphatic carbocycles. The van der Waals surface area contributed by atoms with E-state index >= 15 is 0 Å². The van der Waals surface area contributed by atoms with E-state index in [0.29, 0.717) is 52.5 Å². The number of carboxylic acid groups (broad SMARTS) is 2. The SMILES string of the molecule is CCN(C(=O)OCCl)[C@H]1C[C@H](C)S(=O)(=O)c2sc(S(N)(=O)=O)cc21.CCN(C(=O)OCOC(=O)CCC(=O)OCOC(=O)N(CC)[C@H]1C[C@H](C)S(=O)(=O)c2sc(S(N)(=O)=O)cc21)[C@H]1C[C@H](C)S(=O)(=O)c2sc(S(N)(=O)=O)cc21.CCN[C@H]1C[C@H](C)S(=O)(=O)c2sc(S(N)(=O)=O)cc21.O=C(Cl)OCCl.O=C(O)CCC(=O)O. The number of thiophene rings is 4. The Balaban J connectivity index is 0.000000369. The van der Waals surface area contributed by atoms with Gasteiger partial charge in [0.15, 0.2) is 51.5 Å². The van der Waals surface area contributed by atoms with Crippen molar-refractivity contribution in [3.05, 3.63) is 46.5 Å². The Hall–Kier alpha value is -5.77. The average molecular weight is 1870 g/mol. The normalized spacial score (nSPS) is 20.9. The first-order valence-corrected chi connectivity index (χ1v) is 49.0. The third-order valence-corrected chi connectivity index (χ3v) is 37.9. The molecule has 8 rings (SSSR count). The number of hydrogen-bond donors (Lipinski definition) is 7. The molecular formula is C56H79Cl3N8O32S12. The van der Waals surface area contributed by atoms with Gasteiger partial charge in [-0.2, -0.15) is 0 Å². The molecule has 0 bridgehead atoms. The van der Waals surface area contributed by atoms with Crippen molar-refractivity contribution in [3.8, 4) is 0 Å². The maximum Gasteiger partial charge on any atom is 0.413 e. The fourth-order valence-corrected chi connectivity index (χ4v) is 28.7. The standard InChI is InChI=1S/C28H38N4O16S6.C12H17ClN2O6S3.C10H16N2O4S3.C4H6O4.C2H2Cl2O2/c1-5-31(19-9-15(3)51(37,38)25-17(19)11-23(49-25)53(29,41)42)27(35)47-13-45-21(33)7-8-22(34)46-14-48-28(36)32(6-2)20-10-16(4)52(39,40)26-18(20)12-24(50-26)54(30,43)44;1-3-15(12(16)21-6-13)9-4-7(2)23(17,18)11-8(9)5-10(22-11)24(14,19)20;1-3-12-8-4-6(2)18(13,14)10-7(8)5-9(17-10)19(11,15)16;5-3(6)1-2-4(7)8;3-1-6-2(4)5/h11-12,15-16,19-20H,5-10,13-14H2,1-4H3,(H2,29,41,42)(H2,30,43,44);5,7,9H,3-4,6H2,1-2H3,(H2,14,19,20);5-6,8,12H,3-4H2,1-2H3,(H2,11,15,16);1-2H2,(H,5,6)(H,7,8);1H2/t15-,16-,19-,20-;7-,9-;6-,8-;;/m000../s1. The summed E-state index contributed by atoms with van der Waals surface area (Å²) in [6.07, 6.45) is -3.93. The Morgan fingerprint density at radius 1 is 0.441 bits per heavy atom. The predicted molar refractivity (Wildman–Crippen MR) is 398 cm³/mol. The van der Waals surface area contributed by atoms with Crippen LogP contribution in [0.2, 0.25) is 0 Å². The molecule has 3 amide bonds. The van der Waals surface area contributed by atoms with E-state index in [2.05, 4.69) is 21.7 Å². The number of alkyl halides is 2. The number of nitrogens with two attached hydrogens (primary N) is 4. The first kappa shape index (κ1) is 97.6. The van der Waals surface area contributed by atoms with Crippen LogP contribution in [0, 0.1) is 0 Å². The van der Waals surface area contributed by atoms with Gasteiger partial charge in [-0.3, -0.25) is 19.2 Å². The lowest BCUT2D eigenvalue weighted by atomic mass is 10.0. The number of nitrogens with zero attached hydrogens (tertiary/aromatic N) is 3.